The molecule has 4 nitrogen and oxygen atoms in total. The van der Waals surface area contributed by atoms with Crippen LogP contribution in [0.4, 0.5) is 0 Å². The fourth-order valence-corrected chi connectivity index (χ4v) is 5.71. The molecule has 0 saturated heterocycles. The van der Waals surface area contributed by atoms with Gasteiger partial charge >= 0.3 is 11.9 Å². The van der Waals surface area contributed by atoms with E-state index in [0.717, 1.165) is 6.42 Å². The van der Waals surface area contributed by atoms with Gasteiger partial charge in [-0.3, -0.25) is 9.59 Å². The fraction of sp³-hybridized carbons (Fsp3) is 0.840. The van der Waals surface area contributed by atoms with Gasteiger partial charge in [-0.15, -0.1) is 0 Å². The zero-order valence-corrected chi connectivity index (χ0v) is 20.2. The number of carbonyl (C=O) groups is 2. The van der Waals surface area contributed by atoms with E-state index in [1.807, 2.05) is 0 Å². The van der Waals surface area contributed by atoms with E-state index in [1.54, 1.807) is 0 Å². The SMILES string of the molecule is CC(C)C1(C(=O)OCC(C)(C)C)C2C=CC(C2)C1(C(=O)OCC(C)(C)C)C(C)C. The summed E-state index contributed by atoms with van der Waals surface area (Å²) in [5, 5.41) is 0. The van der Waals surface area contributed by atoms with Crippen molar-refractivity contribution in [2.75, 3.05) is 13.2 Å². The molecule has 4 heteroatoms. The average molecular weight is 407 g/mol. The van der Waals surface area contributed by atoms with Crippen LogP contribution in [0.15, 0.2) is 12.2 Å². The number of carbonyl (C=O) groups excluding carboxylic acids is 2. The van der Waals surface area contributed by atoms with Gasteiger partial charge in [0, 0.05) is 0 Å². The Kier molecular flexibility index (Phi) is 6.39. The van der Waals surface area contributed by atoms with Gasteiger partial charge in [0.2, 0.25) is 0 Å². The maximum Gasteiger partial charge on any atom is 0.314 e. The first-order valence-electron chi connectivity index (χ1n) is 11.1. The Morgan fingerprint density at radius 1 is 0.793 bits per heavy atom. The highest BCUT2D eigenvalue weighted by Crippen LogP contribution is 2.70. The lowest BCUT2D eigenvalue weighted by molar-refractivity contribution is -0.198. The van der Waals surface area contributed by atoms with Gasteiger partial charge in [0.1, 0.15) is 0 Å². The molecule has 0 aliphatic heterocycles. The molecule has 0 heterocycles. The van der Waals surface area contributed by atoms with Crippen LogP contribution in [0.2, 0.25) is 0 Å². The molecule has 0 aromatic carbocycles. The molecule has 0 spiro atoms. The lowest BCUT2D eigenvalue weighted by atomic mass is 9.49. The van der Waals surface area contributed by atoms with E-state index in [2.05, 4.69) is 81.4 Å². The molecular weight excluding hydrogens is 364 g/mol. The number of esters is 2. The number of hydrogen-bond acceptors (Lipinski definition) is 4. The van der Waals surface area contributed by atoms with Crippen molar-refractivity contribution < 1.29 is 19.1 Å². The molecule has 29 heavy (non-hydrogen) atoms. The van der Waals surface area contributed by atoms with Crippen LogP contribution >= 0.6 is 0 Å². The largest absolute Gasteiger partial charge is 0.465 e. The summed E-state index contributed by atoms with van der Waals surface area (Å²) in [6, 6.07) is 0. The summed E-state index contributed by atoms with van der Waals surface area (Å²) in [5.41, 5.74) is -2.06. The van der Waals surface area contributed by atoms with Crippen molar-refractivity contribution in [2.45, 2.75) is 75.7 Å². The topological polar surface area (TPSA) is 52.6 Å². The molecule has 0 aromatic rings. The van der Waals surface area contributed by atoms with Gasteiger partial charge in [0.05, 0.1) is 24.0 Å². The van der Waals surface area contributed by atoms with Crippen molar-refractivity contribution in [3.8, 4) is 0 Å². The maximum atomic E-state index is 13.8. The van der Waals surface area contributed by atoms with E-state index >= 15 is 0 Å². The Morgan fingerprint density at radius 2 is 1.10 bits per heavy atom. The van der Waals surface area contributed by atoms with Crippen molar-refractivity contribution in [3.63, 3.8) is 0 Å². The molecule has 1 fully saturated rings. The third-order valence-corrected chi connectivity index (χ3v) is 6.71. The molecule has 2 bridgehead atoms. The molecule has 0 aromatic heterocycles. The van der Waals surface area contributed by atoms with Crippen molar-refractivity contribution in [1.29, 1.82) is 0 Å². The van der Waals surface area contributed by atoms with Crippen molar-refractivity contribution in [1.82, 2.24) is 0 Å². The Hall–Kier alpha value is -1.32. The van der Waals surface area contributed by atoms with E-state index in [4.69, 9.17) is 9.47 Å². The molecule has 2 rings (SSSR count). The highest BCUT2D eigenvalue weighted by molar-refractivity contribution is 5.91. The summed E-state index contributed by atoms with van der Waals surface area (Å²) in [4.78, 5) is 27.6. The number of ether oxygens (including phenoxy) is 2. The van der Waals surface area contributed by atoms with Gasteiger partial charge in [-0.2, -0.15) is 0 Å². The first-order chi connectivity index (χ1) is 13.1. The van der Waals surface area contributed by atoms with Crippen molar-refractivity contribution >= 4 is 11.9 Å². The van der Waals surface area contributed by atoms with Crippen LogP contribution in [0.3, 0.4) is 0 Å². The van der Waals surface area contributed by atoms with Crippen LogP contribution in [0.5, 0.6) is 0 Å². The molecule has 2 aliphatic rings. The van der Waals surface area contributed by atoms with E-state index in [-0.39, 0.29) is 46.4 Å². The zero-order chi connectivity index (χ0) is 22.4. The summed E-state index contributed by atoms with van der Waals surface area (Å²) in [6.45, 7) is 21.2. The van der Waals surface area contributed by atoms with Crippen LogP contribution in [0, 0.1) is 45.3 Å². The molecule has 2 aliphatic carbocycles. The summed E-state index contributed by atoms with van der Waals surface area (Å²) in [6.07, 6.45) is 5.09. The Labute approximate surface area is 177 Å². The second-order valence-corrected chi connectivity index (χ2v) is 12.2. The minimum atomic E-state index is -0.902. The number of rotatable bonds is 6. The van der Waals surface area contributed by atoms with Crippen LogP contribution in [0.25, 0.3) is 0 Å². The number of allylic oxidation sites excluding steroid dienone is 2. The molecule has 4 atom stereocenters. The molecule has 1 saturated carbocycles. The van der Waals surface area contributed by atoms with Gasteiger partial charge in [-0.25, -0.2) is 0 Å². The Balaban J connectivity index is 2.57. The second kappa shape index (κ2) is 7.74. The van der Waals surface area contributed by atoms with Crippen LogP contribution in [0.1, 0.15) is 75.7 Å². The maximum absolute atomic E-state index is 13.8. The molecule has 166 valence electrons. The summed E-state index contributed by atoms with van der Waals surface area (Å²) in [5.74, 6) is -0.547. The monoisotopic (exact) mass is 406 g/mol. The second-order valence-electron chi connectivity index (χ2n) is 12.2. The minimum absolute atomic E-state index is 0.00422. The quantitative estimate of drug-likeness (QED) is 0.422. The van der Waals surface area contributed by atoms with Crippen LogP contribution in [-0.4, -0.2) is 25.2 Å². The zero-order valence-electron chi connectivity index (χ0n) is 20.2. The normalized spacial score (nSPS) is 31.6. The standard InChI is InChI=1S/C25H42O4/c1-16(2)24(20(26)28-14-22(5,6)7)18-11-12-19(13-18)25(24,17(3)4)21(27)29-15-23(8,9)10/h11-12,16-19H,13-15H2,1-10H3. The van der Waals surface area contributed by atoms with E-state index in [1.165, 1.54) is 0 Å². The van der Waals surface area contributed by atoms with E-state index in [9.17, 15) is 9.59 Å². The molecular formula is C25H42O4. The van der Waals surface area contributed by atoms with E-state index < -0.39 is 10.8 Å². The fourth-order valence-electron chi connectivity index (χ4n) is 5.71. The molecule has 0 amide bonds. The summed E-state index contributed by atoms with van der Waals surface area (Å²) >= 11 is 0. The number of fused-ring (bicyclic) bond motifs is 2. The lowest BCUT2D eigenvalue weighted by Gasteiger charge is -2.52. The molecule has 0 radical (unpaired) electrons. The van der Waals surface area contributed by atoms with Crippen LogP contribution < -0.4 is 0 Å². The third-order valence-electron chi connectivity index (χ3n) is 6.71. The first kappa shape index (κ1) is 24.0. The van der Waals surface area contributed by atoms with Gasteiger partial charge in [-0.05, 0) is 40.9 Å². The molecule has 4 unspecified atom stereocenters. The third kappa shape index (κ3) is 3.88. The highest BCUT2D eigenvalue weighted by Gasteiger charge is 2.76. The van der Waals surface area contributed by atoms with E-state index in [0.29, 0.717) is 13.2 Å². The Morgan fingerprint density at radius 3 is 1.34 bits per heavy atom. The molecule has 0 N–H and O–H groups in total. The Bertz CT molecular complexity index is 605. The predicted octanol–water partition coefficient (Wildman–Crippen LogP) is 5.66. The van der Waals surface area contributed by atoms with Gasteiger partial charge in [0.25, 0.3) is 0 Å². The summed E-state index contributed by atoms with van der Waals surface area (Å²) < 4.78 is 11.9. The van der Waals surface area contributed by atoms with Crippen molar-refractivity contribution in [2.24, 2.45) is 45.3 Å². The average Bonchev–Trinajstić information content (AvgIpc) is 3.14. The minimum Gasteiger partial charge on any atom is -0.465 e. The van der Waals surface area contributed by atoms with Gasteiger partial charge in [0.15, 0.2) is 0 Å². The smallest absolute Gasteiger partial charge is 0.314 e. The summed E-state index contributed by atoms with van der Waals surface area (Å²) in [7, 11) is 0. The first-order valence-corrected chi connectivity index (χ1v) is 11.1. The van der Waals surface area contributed by atoms with Crippen LogP contribution in [-0.2, 0) is 19.1 Å². The van der Waals surface area contributed by atoms with Gasteiger partial charge in [-0.1, -0.05) is 81.4 Å². The highest BCUT2D eigenvalue weighted by atomic mass is 16.5. The van der Waals surface area contributed by atoms with Crippen molar-refractivity contribution in [3.05, 3.63) is 12.2 Å². The predicted molar refractivity (Wildman–Crippen MR) is 116 cm³/mol. The van der Waals surface area contributed by atoms with Gasteiger partial charge < -0.3 is 9.47 Å². The number of hydrogen-bond donors (Lipinski definition) is 0. The lowest BCUT2D eigenvalue weighted by Crippen LogP contribution is -2.61.